The summed E-state index contributed by atoms with van der Waals surface area (Å²) in [5.41, 5.74) is 8.47. The number of nitrogens with two attached hydrogens (primary N) is 1. The predicted molar refractivity (Wildman–Crippen MR) is 86.8 cm³/mol. The van der Waals surface area contributed by atoms with E-state index < -0.39 is 6.10 Å². The van der Waals surface area contributed by atoms with Gasteiger partial charge in [-0.15, -0.1) is 11.8 Å². The first-order valence-corrected chi connectivity index (χ1v) is 7.76. The van der Waals surface area contributed by atoms with E-state index in [1.54, 1.807) is 24.3 Å². The zero-order valence-corrected chi connectivity index (χ0v) is 13.1. The summed E-state index contributed by atoms with van der Waals surface area (Å²) in [5, 5.41) is 10.9. The molecule has 0 bridgehead atoms. The molecule has 0 fully saturated rings. The molecule has 2 aromatic rings. The van der Waals surface area contributed by atoms with E-state index in [0.717, 1.165) is 10.7 Å². The second-order valence-electron chi connectivity index (χ2n) is 4.97. The highest BCUT2D eigenvalue weighted by atomic mass is 32.2. The minimum absolute atomic E-state index is 0.252. The first-order valence-electron chi connectivity index (χ1n) is 6.77. The van der Waals surface area contributed by atoms with Gasteiger partial charge in [0.2, 0.25) is 0 Å². The summed E-state index contributed by atoms with van der Waals surface area (Å²) in [5.74, 6) is 1.25. The van der Waals surface area contributed by atoms with E-state index in [0.29, 0.717) is 17.2 Å². The standard InChI is InChI=1S/C16H20N2O2S/c1-11-7-12(2)18-16(8-11)21-10-14(19)9-20-15-5-3-13(17)4-6-15/h3-8,14,19H,9-10,17H2,1-2H3. The summed E-state index contributed by atoms with van der Waals surface area (Å²) in [7, 11) is 0. The molecule has 3 N–H and O–H groups in total. The second kappa shape index (κ2) is 7.33. The van der Waals surface area contributed by atoms with Gasteiger partial charge in [0.15, 0.2) is 0 Å². The molecule has 0 radical (unpaired) electrons. The number of aliphatic hydroxyl groups is 1. The molecule has 0 saturated heterocycles. The molecule has 0 aliphatic carbocycles. The SMILES string of the molecule is Cc1cc(C)nc(SCC(O)COc2ccc(N)cc2)c1. The molecule has 1 unspecified atom stereocenters. The van der Waals surface area contributed by atoms with Crippen molar-refractivity contribution in [2.45, 2.75) is 25.0 Å². The smallest absolute Gasteiger partial charge is 0.119 e. The van der Waals surface area contributed by atoms with Crippen molar-refractivity contribution in [2.24, 2.45) is 0 Å². The Morgan fingerprint density at radius 3 is 2.62 bits per heavy atom. The normalized spacial score (nSPS) is 12.1. The topological polar surface area (TPSA) is 68.4 Å². The number of rotatable bonds is 6. The van der Waals surface area contributed by atoms with Crippen LogP contribution in [0.3, 0.4) is 0 Å². The molecule has 4 nitrogen and oxygen atoms in total. The molecular formula is C16H20N2O2S. The van der Waals surface area contributed by atoms with Crippen molar-refractivity contribution >= 4 is 17.4 Å². The van der Waals surface area contributed by atoms with Crippen LogP contribution in [0.4, 0.5) is 5.69 Å². The lowest BCUT2D eigenvalue weighted by Gasteiger charge is -2.12. The summed E-state index contributed by atoms with van der Waals surface area (Å²) < 4.78 is 5.52. The molecular weight excluding hydrogens is 284 g/mol. The van der Waals surface area contributed by atoms with Gasteiger partial charge in [-0.25, -0.2) is 4.98 Å². The molecule has 1 heterocycles. The molecule has 2 rings (SSSR count). The number of anilines is 1. The van der Waals surface area contributed by atoms with Crippen LogP contribution in [0.5, 0.6) is 5.75 Å². The summed E-state index contributed by atoms with van der Waals surface area (Å²) in [6.07, 6.45) is -0.546. The fourth-order valence-electron chi connectivity index (χ4n) is 1.86. The average molecular weight is 304 g/mol. The van der Waals surface area contributed by atoms with Crippen LogP contribution in [0.25, 0.3) is 0 Å². The Hall–Kier alpha value is -1.72. The highest BCUT2D eigenvalue weighted by Gasteiger charge is 2.08. The highest BCUT2D eigenvalue weighted by molar-refractivity contribution is 7.99. The fourth-order valence-corrected chi connectivity index (χ4v) is 2.80. The van der Waals surface area contributed by atoms with E-state index in [9.17, 15) is 5.11 Å². The first-order chi connectivity index (χ1) is 10.0. The third-order valence-corrected chi connectivity index (χ3v) is 3.88. The van der Waals surface area contributed by atoms with Crippen LogP contribution in [-0.4, -0.2) is 28.6 Å². The van der Waals surface area contributed by atoms with Gasteiger partial charge in [0.1, 0.15) is 12.4 Å². The van der Waals surface area contributed by atoms with Crippen LogP contribution in [0, 0.1) is 13.8 Å². The van der Waals surface area contributed by atoms with Crippen LogP contribution in [0.1, 0.15) is 11.3 Å². The Kier molecular flexibility index (Phi) is 5.47. The van der Waals surface area contributed by atoms with E-state index in [4.69, 9.17) is 10.5 Å². The van der Waals surface area contributed by atoms with Gasteiger partial charge in [-0.05, 0) is 55.8 Å². The van der Waals surface area contributed by atoms with Gasteiger partial charge in [-0.3, -0.25) is 0 Å². The maximum Gasteiger partial charge on any atom is 0.119 e. The summed E-state index contributed by atoms with van der Waals surface area (Å²) in [6.45, 7) is 4.26. The number of nitrogen functional groups attached to an aromatic ring is 1. The van der Waals surface area contributed by atoms with Gasteiger partial charge in [0.25, 0.3) is 0 Å². The average Bonchev–Trinajstić information content (AvgIpc) is 2.43. The third kappa shape index (κ3) is 5.28. The highest BCUT2D eigenvalue weighted by Crippen LogP contribution is 2.19. The number of nitrogens with zero attached hydrogens (tertiary/aromatic N) is 1. The fraction of sp³-hybridized carbons (Fsp3) is 0.312. The van der Waals surface area contributed by atoms with Crippen LogP contribution in [0.15, 0.2) is 41.4 Å². The van der Waals surface area contributed by atoms with Gasteiger partial charge in [0, 0.05) is 17.1 Å². The molecule has 112 valence electrons. The molecule has 5 heteroatoms. The number of aliphatic hydroxyl groups excluding tert-OH is 1. The first kappa shape index (κ1) is 15.7. The van der Waals surface area contributed by atoms with Crippen molar-refractivity contribution < 1.29 is 9.84 Å². The number of pyridine rings is 1. The van der Waals surface area contributed by atoms with E-state index in [-0.39, 0.29) is 6.61 Å². The molecule has 0 amide bonds. The zero-order chi connectivity index (χ0) is 15.2. The van der Waals surface area contributed by atoms with E-state index in [1.165, 1.54) is 17.3 Å². The minimum atomic E-state index is -0.546. The summed E-state index contributed by atoms with van der Waals surface area (Å²) >= 11 is 1.53. The summed E-state index contributed by atoms with van der Waals surface area (Å²) in [6, 6.07) is 11.2. The van der Waals surface area contributed by atoms with E-state index in [1.807, 2.05) is 26.0 Å². The van der Waals surface area contributed by atoms with Crippen molar-refractivity contribution in [3.8, 4) is 5.75 Å². The Bertz CT molecular complexity index is 567. The molecule has 1 atom stereocenters. The van der Waals surface area contributed by atoms with Crippen molar-refractivity contribution in [1.82, 2.24) is 4.98 Å². The lowest BCUT2D eigenvalue weighted by molar-refractivity contribution is 0.126. The van der Waals surface area contributed by atoms with Crippen LogP contribution < -0.4 is 10.5 Å². The Morgan fingerprint density at radius 2 is 1.95 bits per heavy atom. The Labute approximate surface area is 129 Å². The van der Waals surface area contributed by atoms with Crippen molar-refractivity contribution in [3.63, 3.8) is 0 Å². The number of benzene rings is 1. The maximum atomic E-state index is 9.97. The number of thioether (sulfide) groups is 1. The van der Waals surface area contributed by atoms with Crippen molar-refractivity contribution in [2.75, 3.05) is 18.1 Å². The maximum absolute atomic E-state index is 9.97. The van der Waals surface area contributed by atoms with E-state index >= 15 is 0 Å². The molecule has 0 saturated carbocycles. The van der Waals surface area contributed by atoms with Gasteiger partial charge in [0.05, 0.1) is 11.1 Å². The van der Waals surface area contributed by atoms with Crippen LogP contribution in [0.2, 0.25) is 0 Å². The number of hydrogen-bond acceptors (Lipinski definition) is 5. The molecule has 21 heavy (non-hydrogen) atoms. The minimum Gasteiger partial charge on any atom is -0.491 e. The van der Waals surface area contributed by atoms with Gasteiger partial charge in [-0.2, -0.15) is 0 Å². The predicted octanol–water partition coefficient (Wildman–Crippen LogP) is 2.81. The third-order valence-electron chi connectivity index (χ3n) is 2.82. The molecule has 1 aromatic heterocycles. The largest absolute Gasteiger partial charge is 0.491 e. The van der Waals surface area contributed by atoms with Crippen molar-refractivity contribution in [1.29, 1.82) is 0 Å². The number of hydrogen-bond donors (Lipinski definition) is 2. The zero-order valence-electron chi connectivity index (χ0n) is 12.2. The van der Waals surface area contributed by atoms with Gasteiger partial charge < -0.3 is 15.6 Å². The summed E-state index contributed by atoms with van der Waals surface area (Å²) in [4.78, 5) is 4.43. The molecule has 0 aliphatic rings. The monoisotopic (exact) mass is 304 g/mol. The van der Waals surface area contributed by atoms with Crippen LogP contribution >= 0.6 is 11.8 Å². The lowest BCUT2D eigenvalue weighted by Crippen LogP contribution is -2.20. The van der Waals surface area contributed by atoms with Crippen LogP contribution in [-0.2, 0) is 0 Å². The Morgan fingerprint density at radius 1 is 1.24 bits per heavy atom. The van der Waals surface area contributed by atoms with Gasteiger partial charge in [-0.1, -0.05) is 0 Å². The lowest BCUT2D eigenvalue weighted by atomic mass is 10.3. The molecule has 0 spiro atoms. The van der Waals surface area contributed by atoms with E-state index in [2.05, 4.69) is 4.98 Å². The number of ether oxygens (including phenoxy) is 1. The molecule has 0 aliphatic heterocycles. The quantitative estimate of drug-likeness (QED) is 0.634. The Balaban J connectivity index is 1.79. The number of aromatic nitrogens is 1. The second-order valence-corrected chi connectivity index (χ2v) is 6.01. The van der Waals surface area contributed by atoms with Crippen molar-refractivity contribution in [3.05, 3.63) is 47.7 Å². The molecule has 1 aromatic carbocycles. The number of aryl methyl sites for hydroxylation is 2. The van der Waals surface area contributed by atoms with Gasteiger partial charge >= 0.3 is 0 Å².